The van der Waals surface area contributed by atoms with E-state index in [0.717, 1.165) is 12.1 Å². The molecule has 0 saturated carbocycles. The fraction of sp³-hybridized carbons (Fsp3) is 0.250. The summed E-state index contributed by atoms with van der Waals surface area (Å²) in [6.07, 6.45) is 0. The molecule has 18 heavy (non-hydrogen) atoms. The standard InChI is InChI=1S/C8H9FIN3O4S/c9-5-3-7(12-1-2-18(11,16)17)8(13(14)15)4-6(5)10/h3-4,12H,1-2H2,(H2,11,16,17). The molecule has 0 amide bonds. The zero-order chi connectivity index (χ0) is 13.9. The Morgan fingerprint density at radius 2 is 2.11 bits per heavy atom. The van der Waals surface area contributed by atoms with Crippen molar-refractivity contribution in [2.24, 2.45) is 5.14 Å². The van der Waals surface area contributed by atoms with Gasteiger partial charge in [0.05, 0.1) is 14.2 Å². The van der Waals surface area contributed by atoms with Crippen molar-refractivity contribution in [2.75, 3.05) is 17.6 Å². The summed E-state index contributed by atoms with van der Waals surface area (Å²) in [7, 11) is -3.67. The summed E-state index contributed by atoms with van der Waals surface area (Å²) >= 11 is 1.63. The van der Waals surface area contributed by atoms with E-state index in [1.54, 1.807) is 22.6 Å². The van der Waals surface area contributed by atoms with Gasteiger partial charge >= 0.3 is 0 Å². The van der Waals surface area contributed by atoms with Crippen LogP contribution in [0.25, 0.3) is 0 Å². The molecular formula is C8H9FIN3O4S. The van der Waals surface area contributed by atoms with Gasteiger partial charge in [-0.05, 0) is 22.6 Å². The fourth-order valence-corrected chi connectivity index (χ4v) is 1.99. The SMILES string of the molecule is NS(=O)(=O)CCNc1cc(F)c(I)cc1[N+](=O)[O-]. The van der Waals surface area contributed by atoms with Crippen molar-refractivity contribution in [3.8, 4) is 0 Å². The second-order valence-corrected chi connectivity index (χ2v) is 6.23. The highest BCUT2D eigenvalue weighted by Gasteiger charge is 2.17. The second kappa shape index (κ2) is 5.75. The minimum Gasteiger partial charge on any atom is -0.378 e. The maximum Gasteiger partial charge on any atom is 0.293 e. The molecule has 0 aromatic heterocycles. The summed E-state index contributed by atoms with van der Waals surface area (Å²) in [5.74, 6) is -1.03. The smallest absolute Gasteiger partial charge is 0.293 e. The molecule has 0 spiro atoms. The lowest BCUT2D eigenvalue weighted by molar-refractivity contribution is -0.384. The first-order valence-electron chi connectivity index (χ1n) is 4.58. The number of anilines is 1. The first-order valence-corrected chi connectivity index (χ1v) is 7.38. The Bertz CT molecular complexity index is 578. The number of halogens is 2. The normalized spacial score (nSPS) is 11.3. The Balaban J connectivity index is 2.94. The van der Waals surface area contributed by atoms with Crippen molar-refractivity contribution in [1.82, 2.24) is 0 Å². The first-order chi connectivity index (χ1) is 8.20. The molecule has 0 saturated heterocycles. The van der Waals surface area contributed by atoms with Crippen LogP contribution in [0.2, 0.25) is 0 Å². The molecular weight excluding hydrogens is 380 g/mol. The van der Waals surface area contributed by atoms with E-state index in [0.29, 0.717) is 0 Å². The number of nitrogens with zero attached hydrogens (tertiary/aromatic N) is 1. The Labute approximate surface area is 116 Å². The monoisotopic (exact) mass is 389 g/mol. The summed E-state index contributed by atoms with van der Waals surface area (Å²) in [4.78, 5) is 10.1. The summed E-state index contributed by atoms with van der Waals surface area (Å²) in [6.45, 7) is -0.139. The summed E-state index contributed by atoms with van der Waals surface area (Å²) < 4.78 is 34.8. The van der Waals surface area contributed by atoms with Crippen LogP contribution in [-0.2, 0) is 10.0 Å². The fourth-order valence-electron chi connectivity index (χ4n) is 1.16. The Hall–Kier alpha value is -1.01. The highest BCUT2D eigenvalue weighted by atomic mass is 127. The lowest BCUT2D eigenvalue weighted by Gasteiger charge is -2.07. The van der Waals surface area contributed by atoms with Crippen LogP contribution in [-0.4, -0.2) is 25.6 Å². The molecule has 0 aliphatic heterocycles. The Morgan fingerprint density at radius 1 is 1.50 bits per heavy atom. The van der Waals surface area contributed by atoms with Gasteiger partial charge < -0.3 is 5.32 Å². The third kappa shape index (κ3) is 4.34. The number of nitrogens with one attached hydrogen (secondary N) is 1. The van der Waals surface area contributed by atoms with Gasteiger partial charge in [-0.25, -0.2) is 17.9 Å². The van der Waals surface area contributed by atoms with Crippen molar-refractivity contribution in [1.29, 1.82) is 0 Å². The van der Waals surface area contributed by atoms with Gasteiger partial charge in [0.25, 0.3) is 5.69 Å². The van der Waals surface area contributed by atoms with Gasteiger partial charge in [-0.1, -0.05) is 0 Å². The molecule has 0 bridgehead atoms. The molecule has 1 rings (SSSR count). The van der Waals surface area contributed by atoms with E-state index in [-0.39, 0.29) is 21.5 Å². The molecule has 100 valence electrons. The van der Waals surface area contributed by atoms with Crippen molar-refractivity contribution in [3.05, 3.63) is 31.6 Å². The van der Waals surface area contributed by atoms with Crippen molar-refractivity contribution in [3.63, 3.8) is 0 Å². The van der Waals surface area contributed by atoms with Crippen LogP contribution in [0.15, 0.2) is 12.1 Å². The molecule has 0 fully saturated rings. The van der Waals surface area contributed by atoms with Gasteiger partial charge in [0.1, 0.15) is 11.5 Å². The first kappa shape index (κ1) is 15.0. The number of rotatable bonds is 5. The predicted octanol–water partition coefficient (Wildman–Crippen LogP) is 1.04. The van der Waals surface area contributed by atoms with Crippen LogP contribution in [0.3, 0.4) is 0 Å². The lowest BCUT2D eigenvalue weighted by atomic mass is 10.2. The molecule has 1 aromatic carbocycles. The number of hydrogen-bond donors (Lipinski definition) is 2. The molecule has 0 heterocycles. The Morgan fingerprint density at radius 3 is 2.61 bits per heavy atom. The zero-order valence-corrected chi connectivity index (χ0v) is 11.9. The van der Waals surface area contributed by atoms with Gasteiger partial charge in [-0.2, -0.15) is 0 Å². The number of nitrogens with two attached hydrogens (primary N) is 1. The third-order valence-electron chi connectivity index (χ3n) is 1.94. The van der Waals surface area contributed by atoms with Gasteiger partial charge in [-0.3, -0.25) is 10.1 Å². The van der Waals surface area contributed by atoms with Crippen molar-refractivity contribution >= 4 is 44.0 Å². The Kier molecular flexibility index (Phi) is 4.81. The van der Waals surface area contributed by atoms with E-state index in [1.165, 1.54) is 0 Å². The van der Waals surface area contributed by atoms with Gasteiger partial charge in [-0.15, -0.1) is 0 Å². The lowest BCUT2D eigenvalue weighted by Crippen LogP contribution is -2.22. The van der Waals surface area contributed by atoms with E-state index in [9.17, 15) is 22.9 Å². The average Bonchev–Trinajstić information content (AvgIpc) is 2.20. The highest BCUT2D eigenvalue weighted by molar-refractivity contribution is 14.1. The maximum atomic E-state index is 13.3. The molecule has 7 nitrogen and oxygen atoms in total. The molecule has 0 aliphatic carbocycles. The summed E-state index contributed by atoms with van der Waals surface area (Å²) in [5.41, 5.74) is -0.406. The quantitative estimate of drug-likeness (QED) is 0.444. The molecule has 0 unspecified atom stereocenters. The van der Waals surface area contributed by atoms with Crippen LogP contribution in [0, 0.1) is 19.5 Å². The number of nitro benzene ring substituents is 1. The second-order valence-electron chi connectivity index (χ2n) is 3.33. The van der Waals surface area contributed by atoms with Gasteiger partial charge in [0, 0.05) is 18.7 Å². The minimum absolute atomic E-state index is 0.0819. The zero-order valence-electron chi connectivity index (χ0n) is 8.89. The van der Waals surface area contributed by atoms with Crippen LogP contribution >= 0.6 is 22.6 Å². The molecule has 0 atom stereocenters. The molecule has 1 aromatic rings. The van der Waals surface area contributed by atoms with E-state index in [2.05, 4.69) is 5.32 Å². The topological polar surface area (TPSA) is 115 Å². The molecule has 10 heteroatoms. The predicted molar refractivity (Wildman–Crippen MR) is 72.2 cm³/mol. The van der Waals surface area contributed by atoms with E-state index < -0.39 is 26.5 Å². The van der Waals surface area contributed by atoms with Crippen LogP contribution in [0.5, 0.6) is 0 Å². The molecule has 0 aliphatic rings. The highest BCUT2D eigenvalue weighted by Crippen LogP contribution is 2.28. The number of hydrogen-bond acceptors (Lipinski definition) is 5. The number of primary sulfonamides is 1. The van der Waals surface area contributed by atoms with Crippen molar-refractivity contribution in [2.45, 2.75) is 0 Å². The van der Waals surface area contributed by atoms with E-state index >= 15 is 0 Å². The van der Waals surface area contributed by atoms with E-state index in [4.69, 9.17) is 5.14 Å². The number of benzene rings is 1. The third-order valence-corrected chi connectivity index (χ3v) is 3.54. The van der Waals surface area contributed by atoms with Crippen LogP contribution in [0.1, 0.15) is 0 Å². The van der Waals surface area contributed by atoms with Crippen molar-refractivity contribution < 1.29 is 17.7 Å². The maximum absolute atomic E-state index is 13.3. The van der Waals surface area contributed by atoms with Gasteiger partial charge in [0.15, 0.2) is 0 Å². The van der Waals surface area contributed by atoms with Gasteiger partial charge in [0.2, 0.25) is 10.0 Å². The summed E-state index contributed by atoms with van der Waals surface area (Å²) in [6, 6.07) is 2.01. The van der Waals surface area contributed by atoms with E-state index in [1.807, 2.05) is 0 Å². The van der Waals surface area contributed by atoms with Crippen LogP contribution < -0.4 is 10.5 Å². The number of nitro groups is 1. The molecule has 3 N–H and O–H groups in total. The number of sulfonamides is 1. The van der Waals surface area contributed by atoms with Crippen LogP contribution in [0.4, 0.5) is 15.8 Å². The largest absolute Gasteiger partial charge is 0.378 e. The summed E-state index contributed by atoms with van der Waals surface area (Å²) in [5, 5.41) is 18.0. The molecule has 0 radical (unpaired) electrons. The minimum atomic E-state index is -3.67. The average molecular weight is 389 g/mol.